The molecule has 21 heavy (non-hydrogen) atoms. The second-order valence-corrected chi connectivity index (χ2v) is 4.22. The summed E-state index contributed by atoms with van der Waals surface area (Å²) in [5.41, 5.74) is 2.69. The second-order valence-electron chi connectivity index (χ2n) is 3.65. The molecule has 1 amide bonds. The van der Waals surface area contributed by atoms with Crippen molar-refractivity contribution in [1.82, 2.24) is 10.7 Å². The average Bonchev–Trinajstić information content (AvgIpc) is 2.36. The van der Waals surface area contributed by atoms with Crippen LogP contribution in [0.25, 0.3) is 0 Å². The number of nitrogens with one attached hydrogen (secondary N) is 2. The van der Waals surface area contributed by atoms with Gasteiger partial charge in [-0.1, -0.05) is 12.1 Å². The minimum absolute atomic E-state index is 0.0785. The van der Waals surface area contributed by atoms with E-state index in [1.807, 2.05) is 0 Å². The maximum atomic E-state index is 12.1. The molecular weight excluding hydrogens is 311 g/mol. The number of hydrazone groups is 1. The minimum atomic E-state index is -4.79. The zero-order valence-corrected chi connectivity index (χ0v) is 11.6. The highest BCUT2D eigenvalue weighted by molar-refractivity contribution is 8.09. The van der Waals surface area contributed by atoms with Gasteiger partial charge in [0.1, 0.15) is 5.75 Å². The third-order valence-electron chi connectivity index (χ3n) is 2.04. The Bertz CT molecular complexity index is 523. The number of hydrogen-bond acceptors (Lipinski definition) is 6. The SMILES string of the molecule is CN/N=C(/NC(=O)Cc1cccc(OC(F)(F)F)c1)SO. The van der Waals surface area contributed by atoms with Gasteiger partial charge in [0.15, 0.2) is 0 Å². The van der Waals surface area contributed by atoms with E-state index < -0.39 is 18.0 Å². The second kappa shape index (κ2) is 7.74. The molecule has 0 aliphatic carbocycles. The molecule has 0 bridgehead atoms. The molecular formula is C11H12F3N3O3S. The first kappa shape index (κ1) is 17.1. The predicted molar refractivity (Wildman–Crippen MR) is 71.7 cm³/mol. The lowest BCUT2D eigenvalue weighted by Gasteiger charge is -2.10. The van der Waals surface area contributed by atoms with Crippen molar-refractivity contribution < 1.29 is 27.3 Å². The average molecular weight is 323 g/mol. The first-order chi connectivity index (χ1) is 9.84. The van der Waals surface area contributed by atoms with Crippen molar-refractivity contribution >= 4 is 23.1 Å². The van der Waals surface area contributed by atoms with E-state index in [4.69, 9.17) is 4.55 Å². The monoisotopic (exact) mass is 323 g/mol. The summed E-state index contributed by atoms with van der Waals surface area (Å²) in [7, 11) is 1.47. The van der Waals surface area contributed by atoms with Crippen molar-refractivity contribution in [3.8, 4) is 5.75 Å². The van der Waals surface area contributed by atoms with Crippen LogP contribution >= 0.6 is 12.0 Å². The maximum absolute atomic E-state index is 12.1. The first-order valence-corrected chi connectivity index (χ1v) is 6.32. The number of carbonyl (C=O) groups excluding carboxylic acids is 1. The van der Waals surface area contributed by atoms with Crippen LogP contribution in [0, 0.1) is 0 Å². The lowest BCUT2D eigenvalue weighted by atomic mass is 10.1. The number of carbonyl (C=O) groups is 1. The van der Waals surface area contributed by atoms with Crippen molar-refractivity contribution in [1.29, 1.82) is 0 Å². The van der Waals surface area contributed by atoms with Crippen LogP contribution in [0.5, 0.6) is 5.75 Å². The highest BCUT2D eigenvalue weighted by atomic mass is 32.2. The first-order valence-electron chi connectivity index (χ1n) is 5.54. The number of nitrogens with zero attached hydrogens (tertiary/aromatic N) is 1. The van der Waals surface area contributed by atoms with Crippen molar-refractivity contribution in [2.45, 2.75) is 12.8 Å². The normalized spacial score (nSPS) is 12.0. The number of benzene rings is 1. The van der Waals surface area contributed by atoms with Gasteiger partial charge in [-0.3, -0.25) is 4.79 Å². The molecule has 0 atom stereocenters. The van der Waals surface area contributed by atoms with Crippen LogP contribution in [-0.2, 0) is 11.2 Å². The summed E-state index contributed by atoms with van der Waals surface area (Å²) in [6.45, 7) is 0. The molecule has 0 aromatic heterocycles. The molecule has 116 valence electrons. The standard InChI is InChI=1S/C11H12F3N3O3S/c1-15-17-10(21-19)16-9(18)6-7-3-2-4-8(5-7)20-11(12,13)14/h2-5,15,19H,6H2,1H3,(H,16,17,18). The van der Waals surface area contributed by atoms with Gasteiger partial charge in [0, 0.05) is 7.05 Å². The van der Waals surface area contributed by atoms with Gasteiger partial charge in [0.05, 0.1) is 18.5 Å². The lowest BCUT2D eigenvalue weighted by molar-refractivity contribution is -0.274. The van der Waals surface area contributed by atoms with Crippen molar-refractivity contribution in [3.63, 3.8) is 0 Å². The van der Waals surface area contributed by atoms with Gasteiger partial charge >= 0.3 is 6.36 Å². The molecule has 0 aliphatic heterocycles. The number of alkyl halides is 3. The summed E-state index contributed by atoms with van der Waals surface area (Å²) in [5, 5.41) is 5.77. The number of ether oxygens (including phenoxy) is 1. The van der Waals surface area contributed by atoms with E-state index in [9.17, 15) is 18.0 Å². The third-order valence-corrected chi connectivity index (χ3v) is 2.41. The molecule has 0 saturated heterocycles. The van der Waals surface area contributed by atoms with Crippen LogP contribution in [0.2, 0.25) is 0 Å². The van der Waals surface area contributed by atoms with E-state index in [1.54, 1.807) is 0 Å². The Kier molecular flexibility index (Phi) is 6.31. The van der Waals surface area contributed by atoms with Crippen LogP contribution in [0.15, 0.2) is 29.4 Å². The van der Waals surface area contributed by atoms with Gasteiger partial charge in [-0.15, -0.1) is 13.2 Å². The lowest BCUT2D eigenvalue weighted by Crippen LogP contribution is -2.30. The van der Waals surface area contributed by atoms with E-state index >= 15 is 0 Å². The predicted octanol–water partition coefficient (Wildman–Crippen LogP) is 1.94. The summed E-state index contributed by atoms with van der Waals surface area (Å²) >= 11 is 0.227. The number of halogens is 3. The molecule has 0 fully saturated rings. The Labute approximate surface area is 122 Å². The zero-order valence-electron chi connectivity index (χ0n) is 10.8. The molecule has 6 nitrogen and oxygen atoms in total. The van der Waals surface area contributed by atoms with Crippen LogP contribution in [-0.4, -0.2) is 29.0 Å². The number of amides is 1. The molecule has 1 rings (SSSR count). The van der Waals surface area contributed by atoms with Crippen molar-refractivity contribution in [2.75, 3.05) is 7.05 Å². The number of amidine groups is 1. The van der Waals surface area contributed by atoms with E-state index in [0.717, 1.165) is 12.1 Å². The highest BCUT2D eigenvalue weighted by Gasteiger charge is 2.31. The summed E-state index contributed by atoms with van der Waals surface area (Å²) in [6, 6.07) is 5.05. The number of hydrogen-bond donors (Lipinski definition) is 3. The van der Waals surface area contributed by atoms with Gasteiger partial charge in [-0.2, -0.15) is 5.10 Å². The molecule has 1 aromatic rings. The Balaban J connectivity index is 2.68. The maximum Gasteiger partial charge on any atom is 0.573 e. The van der Waals surface area contributed by atoms with Crippen LogP contribution in [0.1, 0.15) is 5.56 Å². The smallest absolute Gasteiger partial charge is 0.406 e. The van der Waals surface area contributed by atoms with Crippen molar-refractivity contribution in [2.24, 2.45) is 5.10 Å². The summed E-state index contributed by atoms with van der Waals surface area (Å²) < 4.78 is 48.8. The molecule has 0 unspecified atom stereocenters. The van der Waals surface area contributed by atoms with Gasteiger partial charge in [-0.05, 0) is 17.7 Å². The van der Waals surface area contributed by atoms with Gasteiger partial charge in [-0.25, -0.2) is 0 Å². The van der Waals surface area contributed by atoms with E-state index in [2.05, 4.69) is 20.6 Å². The Morgan fingerprint density at radius 3 is 2.76 bits per heavy atom. The highest BCUT2D eigenvalue weighted by Crippen LogP contribution is 2.23. The van der Waals surface area contributed by atoms with Crippen LogP contribution < -0.4 is 15.5 Å². The molecule has 0 radical (unpaired) electrons. The summed E-state index contributed by atoms with van der Waals surface area (Å²) in [6.07, 6.45) is -4.99. The summed E-state index contributed by atoms with van der Waals surface area (Å²) in [5.74, 6) is -0.955. The molecule has 10 heteroatoms. The number of rotatable bonds is 4. The largest absolute Gasteiger partial charge is 0.573 e. The van der Waals surface area contributed by atoms with Crippen LogP contribution in [0.4, 0.5) is 13.2 Å². The van der Waals surface area contributed by atoms with Gasteiger partial charge in [0.25, 0.3) is 0 Å². The van der Waals surface area contributed by atoms with Gasteiger partial charge in [0.2, 0.25) is 11.1 Å². The van der Waals surface area contributed by atoms with Crippen LogP contribution in [0.3, 0.4) is 0 Å². The fourth-order valence-electron chi connectivity index (χ4n) is 1.37. The van der Waals surface area contributed by atoms with E-state index in [0.29, 0.717) is 5.56 Å². The Morgan fingerprint density at radius 1 is 1.48 bits per heavy atom. The fourth-order valence-corrected chi connectivity index (χ4v) is 1.67. The van der Waals surface area contributed by atoms with Crippen molar-refractivity contribution in [3.05, 3.63) is 29.8 Å². The minimum Gasteiger partial charge on any atom is -0.406 e. The molecule has 0 aliphatic rings. The molecule has 0 spiro atoms. The quantitative estimate of drug-likeness (QED) is 0.341. The third kappa shape index (κ3) is 6.86. The Hall–Kier alpha value is -1.94. The van der Waals surface area contributed by atoms with E-state index in [1.165, 1.54) is 19.2 Å². The fraction of sp³-hybridized carbons (Fsp3) is 0.273. The Morgan fingerprint density at radius 2 is 2.19 bits per heavy atom. The summed E-state index contributed by atoms with van der Waals surface area (Å²) in [4.78, 5) is 11.6. The molecule has 1 aromatic carbocycles. The molecule has 0 heterocycles. The topological polar surface area (TPSA) is 83.0 Å². The van der Waals surface area contributed by atoms with E-state index in [-0.39, 0.29) is 23.6 Å². The van der Waals surface area contributed by atoms with Gasteiger partial charge < -0.3 is 20.0 Å². The molecule has 0 saturated carbocycles. The zero-order chi connectivity index (χ0) is 15.9. The molecule has 3 N–H and O–H groups in total.